The van der Waals surface area contributed by atoms with E-state index in [1.807, 2.05) is 18.2 Å². The van der Waals surface area contributed by atoms with Gasteiger partial charge in [-0.3, -0.25) is 9.59 Å². The molecule has 1 aromatic heterocycles. The lowest BCUT2D eigenvalue weighted by molar-refractivity contribution is -0.114. The summed E-state index contributed by atoms with van der Waals surface area (Å²) in [7, 11) is 0. The molecule has 0 atom stereocenters. The Morgan fingerprint density at radius 3 is 2.40 bits per heavy atom. The van der Waals surface area contributed by atoms with Crippen LogP contribution in [0.3, 0.4) is 0 Å². The van der Waals surface area contributed by atoms with Crippen LogP contribution < -0.4 is 11.1 Å². The van der Waals surface area contributed by atoms with Gasteiger partial charge in [-0.1, -0.05) is 30.3 Å². The first-order chi connectivity index (χ1) is 9.56. The number of furan rings is 1. The summed E-state index contributed by atoms with van der Waals surface area (Å²) in [5.41, 5.74) is 6.00. The van der Waals surface area contributed by atoms with Crippen LogP contribution in [0, 0.1) is 0 Å². The van der Waals surface area contributed by atoms with Crippen molar-refractivity contribution in [3.8, 4) is 0 Å². The first-order valence-corrected chi connectivity index (χ1v) is 6.49. The molecule has 0 bridgehead atoms. The molecule has 0 unspecified atom stereocenters. The van der Waals surface area contributed by atoms with Gasteiger partial charge in [0.2, 0.25) is 0 Å². The highest BCUT2D eigenvalue weighted by molar-refractivity contribution is 9.10. The van der Waals surface area contributed by atoms with Gasteiger partial charge in [0.1, 0.15) is 5.70 Å². The smallest absolute Gasteiger partial charge is 0.291 e. The standard InChI is InChI=1S/C14H11BrN2O3/c15-12-7-6-11(20-12)14(19)17-10(13(16)18)8-9-4-2-1-3-5-9/h1-8H,(H2,16,18)(H,17,19)/b10-8-. The molecule has 0 aliphatic carbocycles. The number of amides is 2. The Hall–Kier alpha value is -2.34. The number of hydrogen-bond acceptors (Lipinski definition) is 3. The number of carbonyl (C=O) groups is 2. The molecule has 0 spiro atoms. The fourth-order valence-electron chi connectivity index (χ4n) is 1.50. The quantitative estimate of drug-likeness (QED) is 0.841. The first-order valence-electron chi connectivity index (χ1n) is 5.69. The van der Waals surface area contributed by atoms with E-state index in [0.29, 0.717) is 4.67 Å². The Balaban J connectivity index is 2.20. The summed E-state index contributed by atoms with van der Waals surface area (Å²) in [4.78, 5) is 23.3. The van der Waals surface area contributed by atoms with Gasteiger partial charge in [0.05, 0.1) is 0 Å². The Labute approximate surface area is 123 Å². The van der Waals surface area contributed by atoms with Crippen molar-refractivity contribution in [1.29, 1.82) is 0 Å². The molecule has 0 saturated carbocycles. The van der Waals surface area contributed by atoms with Gasteiger partial charge in [-0.05, 0) is 39.7 Å². The third kappa shape index (κ3) is 3.58. The lowest BCUT2D eigenvalue weighted by atomic mass is 10.2. The molecular formula is C14H11BrN2O3. The highest BCUT2D eigenvalue weighted by atomic mass is 79.9. The summed E-state index contributed by atoms with van der Waals surface area (Å²) in [6.07, 6.45) is 1.50. The van der Waals surface area contributed by atoms with Crippen LogP contribution in [0.25, 0.3) is 6.08 Å². The van der Waals surface area contributed by atoms with E-state index < -0.39 is 11.8 Å². The van der Waals surface area contributed by atoms with E-state index in [0.717, 1.165) is 5.56 Å². The van der Waals surface area contributed by atoms with Crippen molar-refractivity contribution < 1.29 is 14.0 Å². The van der Waals surface area contributed by atoms with E-state index >= 15 is 0 Å². The predicted octanol–water partition coefficient (Wildman–Crippen LogP) is 2.30. The van der Waals surface area contributed by atoms with Crippen molar-refractivity contribution in [2.24, 2.45) is 5.73 Å². The van der Waals surface area contributed by atoms with Crippen LogP contribution in [0.4, 0.5) is 0 Å². The average molecular weight is 335 g/mol. The maximum Gasteiger partial charge on any atom is 0.291 e. The highest BCUT2D eigenvalue weighted by Crippen LogP contribution is 2.14. The molecule has 2 amide bonds. The van der Waals surface area contributed by atoms with E-state index in [9.17, 15) is 9.59 Å². The number of carbonyl (C=O) groups excluding carboxylic acids is 2. The van der Waals surface area contributed by atoms with Crippen LogP contribution in [0.2, 0.25) is 0 Å². The van der Waals surface area contributed by atoms with Crippen LogP contribution in [-0.2, 0) is 4.79 Å². The van der Waals surface area contributed by atoms with Crippen LogP contribution in [0.1, 0.15) is 16.1 Å². The van der Waals surface area contributed by atoms with E-state index in [1.165, 1.54) is 12.1 Å². The zero-order valence-corrected chi connectivity index (χ0v) is 11.9. The normalized spacial score (nSPS) is 11.2. The molecule has 0 radical (unpaired) electrons. The molecule has 0 aliphatic rings. The highest BCUT2D eigenvalue weighted by Gasteiger charge is 2.14. The van der Waals surface area contributed by atoms with E-state index in [1.54, 1.807) is 18.2 Å². The van der Waals surface area contributed by atoms with Crippen molar-refractivity contribution in [3.05, 3.63) is 64.2 Å². The fraction of sp³-hybridized carbons (Fsp3) is 0. The third-order valence-electron chi connectivity index (χ3n) is 2.42. The summed E-state index contributed by atoms with van der Waals surface area (Å²) in [5, 5.41) is 2.43. The van der Waals surface area contributed by atoms with Crippen molar-refractivity contribution in [1.82, 2.24) is 5.32 Å². The molecule has 2 aromatic rings. The van der Waals surface area contributed by atoms with Gasteiger partial charge in [-0.2, -0.15) is 0 Å². The third-order valence-corrected chi connectivity index (χ3v) is 2.85. The number of nitrogens with one attached hydrogen (secondary N) is 1. The van der Waals surface area contributed by atoms with E-state index in [2.05, 4.69) is 21.2 Å². The number of halogens is 1. The molecule has 0 saturated heterocycles. The second-order valence-electron chi connectivity index (χ2n) is 3.89. The molecule has 3 N–H and O–H groups in total. The Morgan fingerprint density at radius 1 is 1.15 bits per heavy atom. The number of nitrogens with two attached hydrogens (primary N) is 1. The summed E-state index contributed by atoms with van der Waals surface area (Å²) in [5.74, 6) is -1.19. The van der Waals surface area contributed by atoms with Crippen molar-refractivity contribution in [2.45, 2.75) is 0 Å². The maximum absolute atomic E-state index is 11.9. The minimum atomic E-state index is -0.729. The zero-order chi connectivity index (χ0) is 14.5. The molecule has 102 valence electrons. The summed E-state index contributed by atoms with van der Waals surface area (Å²) in [6, 6.07) is 12.1. The predicted molar refractivity (Wildman–Crippen MR) is 77.5 cm³/mol. The second kappa shape index (κ2) is 6.21. The second-order valence-corrected chi connectivity index (χ2v) is 4.67. The van der Waals surface area contributed by atoms with Crippen LogP contribution in [-0.4, -0.2) is 11.8 Å². The average Bonchev–Trinajstić information content (AvgIpc) is 2.86. The van der Waals surface area contributed by atoms with Gasteiger partial charge in [0.25, 0.3) is 11.8 Å². The number of hydrogen-bond donors (Lipinski definition) is 2. The van der Waals surface area contributed by atoms with Gasteiger partial charge in [-0.25, -0.2) is 0 Å². The number of benzene rings is 1. The molecule has 1 heterocycles. The van der Waals surface area contributed by atoms with E-state index in [4.69, 9.17) is 10.2 Å². The maximum atomic E-state index is 11.9. The topological polar surface area (TPSA) is 85.3 Å². The fourth-order valence-corrected chi connectivity index (χ4v) is 1.81. The molecule has 20 heavy (non-hydrogen) atoms. The van der Waals surface area contributed by atoms with E-state index in [-0.39, 0.29) is 11.5 Å². The Bertz CT molecular complexity index is 662. The molecule has 1 aromatic carbocycles. The summed E-state index contributed by atoms with van der Waals surface area (Å²) >= 11 is 3.10. The SMILES string of the molecule is NC(=O)/C(=C/c1ccccc1)NC(=O)c1ccc(Br)o1. The Morgan fingerprint density at radius 2 is 1.85 bits per heavy atom. The van der Waals surface area contributed by atoms with Gasteiger partial charge < -0.3 is 15.5 Å². The minimum absolute atomic E-state index is 0.00581. The van der Waals surface area contributed by atoms with Crippen LogP contribution in [0.5, 0.6) is 0 Å². The summed E-state index contributed by atoms with van der Waals surface area (Å²) in [6.45, 7) is 0. The number of primary amides is 1. The lowest BCUT2D eigenvalue weighted by Gasteiger charge is -2.05. The number of rotatable bonds is 4. The van der Waals surface area contributed by atoms with Gasteiger partial charge in [-0.15, -0.1) is 0 Å². The van der Waals surface area contributed by atoms with Gasteiger partial charge >= 0.3 is 0 Å². The van der Waals surface area contributed by atoms with Gasteiger partial charge in [0, 0.05) is 0 Å². The minimum Gasteiger partial charge on any atom is -0.444 e. The largest absolute Gasteiger partial charge is 0.444 e. The van der Waals surface area contributed by atoms with Gasteiger partial charge in [0.15, 0.2) is 10.4 Å². The van der Waals surface area contributed by atoms with Crippen molar-refractivity contribution in [3.63, 3.8) is 0 Å². The van der Waals surface area contributed by atoms with Crippen LogP contribution >= 0.6 is 15.9 Å². The molecule has 0 aliphatic heterocycles. The lowest BCUT2D eigenvalue weighted by Crippen LogP contribution is -2.30. The summed E-state index contributed by atoms with van der Waals surface area (Å²) < 4.78 is 5.53. The first kappa shape index (κ1) is 14.1. The van der Waals surface area contributed by atoms with Crippen LogP contribution in [0.15, 0.2) is 57.2 Å². The van der Waals surface area contributed by atoms with Crippen molar-refractivity contribution in [2.75, 3.05) is 0 Å². The molecule has 6 heteroatoms. The monoisotopic (exact) mass is 334 g/mol. The van der Waals surface area contributed by atoms with Crippen molar-refractivity contribution >= 4 is 33.8 Å². The molecule has 2 rings (SSSR count). The Kier molecular flexibility index (Phi) is 4.37. The molecule has 0 fully saturated rings. The zero-order valence-electron chi connectivity index (χ0n) is 10.3. The molecular weight excluding hydrogens is 324 g/mol. The molecule has 5 nitrogen and oxygen atoms in total.